The molecule has 0 radical (unpaired) electrons. The van der Waals surface area contributed by atoms with Crippen molar-refractivity contribution < 1.29 is 14.3 Å². The van der Waals surface area contributed by atoms with Gasteiger partial charge in [-0.1, -0.05) is 0 Å². The van der Waals surface area contributed by atoms with E-state index in [1.807, 2.05) is 6.07 Å². The summed E-state index contributed by atoms with van der Waals surface area (Å²) in [5, 5.41) is 0. The number of aromatic nitrogens is 1. The molecule has 15 heavy (non-hydrogen) atoms. The van der Waals surface area contributed by atoms with Crippen LogP contribution >= 0.6 is 22.6 Å². The quantitative estimate of drug-likeness (QED) is 0.603. The van der Waals surface area contributed by atoms with Gasteiger partial charge in [0.2, 0.25) is 0 Å². The molecule has 1 amide bonds. The van der Waals surface area contributed by atoms with E-state index in [2.05, 4.69) is 27.6 Å². The van der Waals surface area contributed by atoms with Crippen LogP contribution in [0.4, 0.5) is 5.82 Å². The van der Waals surface area contributed by atoms with Crippen molar-refractivity contribution in [1.82, 2.24) is 4.98 Å². The van der Waals surface area contributed by atoms with Gasteiger partial charge in [0.25, 0.3) is 5.91 Å². The Hall–Kier alpha value is -0.890. The second-order valence-corrected chi connectivity index (χ2v) is 4.09. The highest BCUT2D eigenvalue weighted by molar-refractivity contribution is 14.1. The highest BCUT2D eigenvalue weighted by Gasteiger charge is 2.26. The van der Waals surface area contributed by atoms with Crippen molar-refractivity contribution in [3.63, 3.8) is 0 Å². The Bertz CT molecular complexity index is 397. The minimum Gasteiger partial charge on any atom is -0.480 e. The number of rotatable bonds is 2. The molecule has 0 N–H and O–H groups in total. The lowest BCUT2D eigenvalue weighted by Gasteiger charge is -2.27. The van der Waals surface area contributed by atoms with E-state index >= 15 is 0 Å². The summed E-state index contributed by atoms with van der Waals surface area (Å²) >= 11 is 2.09. The third kappa shape index (κ3) is 2.05. The summed E-state index contributed by atoms with van der Waals surface area (Å²) in [5.41, 5.74) is 0. The smallest absolute Gasteiger partial charge is 0.268 e. The van der Waals surface area contributed by atoms with Crippen LogP contribution < -0.4 is 9.64 Å². The van der Waals surface area contributed by atoms with Crippen LogP contribution in [0.1, 0.15) is 0 Å². The summed E-state index contributed by atoms with van der Waals surface area (Å²) in [6.45, 7) is 0.237. The molecule has 0 saturated heterocycles. The largest absolute Gasteiger partial charge is 0.480 e. The van der Waals surface area contributed by atoms with Gasteiger partial charge in [0.1, 0.15) is 10.4 Å². The Morgan fingerprint density at radius 3 is 3.20 bits per heavy atom. The van der Waals surface area contributed by atoms with Gasteiger partial charge in [-0.15, -0.1) is 0 Å². The monoisotopic (exact) mass is 320 g/mol. The summed E-state index contributed by atoms with van der Waals surface area (Å²) in [4.78, 5) is 17.3. The molecule has 1 aromatic heterocycles. The number of nitrogens with zero attached hydrogens (tertiary/aromatic N) is 2. The molecular weight excluding hydrogens is 311 g/mol. The van der Waals surface area contributed by atoms with Crippen LogP contribution in [0.5, 0.6) is 5.75 Å². The van der Waals surface area contributed by atoms with E-state index in [0.717, 1.165) is 3.70 Å². The molecule has 0 fully saturated rings. The summed E-state index contributed by atoms with van der Waals surface area (Å²) in [7, 11) is 1.54. The van der Waals surface area contributed by atoms with E-state index < -0.39 is 0 Å². The summed E-state index contributed by atoms with van der Waals surface area (Å²) in [6.07, 6.45) is 0. The van der Waals surface area contributed by atoms with Crippen LogP contribution in [-0.4, -0.2) is 31.3 Å². The van der Waals surface area contributed by atoms with Crippen LogP contribution in [0.15, 0.2) is 12.1 Å². The Morgan fingerprint density at radius 2 is 2.47 bits per heavy atom. The first-order valence-electron chi connectivity index (χ1n) is 4.31. The lowest BCUT2D eigenvalue weighted by atomic mass is 10.3. The van der Waals surface area contributed by atoms with Crippen molar-refractivity contribution >= 4 is 34.3 Å². The van der Waals surface area contributed by atoms with Gasteiger partial charge in [-0.25, -0.2) is 4.98 Å². The van der Waals surface area contributed by atoms with Gasteiger partial charge in [0, 0.05) is 7.11 Å². The number of carbonyl (C=O) groups is 1. The molecule has 0 unspecified atom stereocenters. The molecule has 2 rings (SSSR count). The molecule has 1 aliphatic heterocycles. The molecule has 5 nitrogen and oxygen atoms in total. The second kappa shape index (κ2) is 4.31. The van der Waals surface area contributed by atoms with Gasteiger partial charge in [-0.2, -0.15) is 0 Å². The number of amides is 1. The van der Waals surface area contributed by atoms with Gasteiger partial charge < -0.3 is 9.47 Å². The van der Waals surface area contributed by atoms with Crippen molar-refractivity contribution in [2.45, 2.75) is 0 Å². The van der Waals surface area contributed by atoms with E-state index in [0.29, 0.717) is 11.6 Å². The van der Waals surface area contributed by atoms with Gasteiger partial charge in [-0.05, 0) is 34.7 Å². The molecule has 0 atom stereocenters. The standard InChI is InChI=1S/C9H9IN2O3/c1-14-5-12-8(13)4-15-6-2-3-7(10)11-9(6)12/h2-3H,4-5H2,1H3. The van der Waals surface area contributed by atoms with Crippen molar-refractivity contribution in [2.75, 3.05) is 25.3 Å². The molecule has 0 aliphatic carbocycles. The normalized spacial score (nSPS) is 14.8. The third-order valence-corrected chi connectivity index (χ3v) is 2.57. The maximum Gasteiger partial charge on any atom is 0.268 e. The first kappa shape index (κ1) is 10.6. The molecule has 0 bridgehead atoms. The number of carbonyl (C=O) groups excluding carboxylic acids is 1. The zero-order chi connectivity index (χ0) is 10.8. The van der Waals surface area contributed by atoms with Gasteiger partial charge in [-0.3, -0.25) is 9.69 Å². The van der Waals surface area contributed by atoms with Gasteiger partial charge >= 0.3 is 0 Å². The molecule has 6 heteroatoms. The predicted octanol–water partition coefficient (Wildman–Crippen LogP) is 1.02. The second-order valence-electron chi connectivity index (χ2n) is 2.98. The summed E-state index contributed by atoms with van der Waals surface area (Å²) < 4.78 is 11.0. The topological polar surface area (TPSA) is 51.7 Å². The Kier molecular flexibility index (Phi) is 3.06. The lowest BCUT2D eigenvalue weighted by molar-refractivity contribution is -0.122. The lowest BCUT2D eigenvalue weighted by Crippen LogP contribution is -2.40. The van der Waals surface area contributed by atoms with Crippen LogP contribution in [0.25, 0.3) is 0 Å². The average Bonchev–Trinajstić information content (AvgIpc) is 2.23. The molecule has 80 valence electrons. The van der Waals surface area contributed by atoms with Crippen LogP contribution in [0, 0.1) is 3.70 Å². The van der Waals surface area contributed by atoms with E-state index in [1.54, 1.807) is 6.07 Å². The molecule has 1 aromatic rings. The number of ether oxygens (including phenoxy) is 2. The fourth-order valence-electron chi connectivity index (χ4n) is 1.32. The maximum atomic E-state index is 11.5. The van der Waals surface area contributed by atoms with Crippen LogP contribution in [0.2, 0.25) is 0 Å². The molecule has 2 heterocycles. The molecule has 0 aromatic carbocycles. The summed E-state index contributed by atoms with van der Waals surface area (Å²) in [6, 6.07) is 3.64. The molecule has 1 aliphatic rings. The fraction of sp³-hybridized carbons (Fsp3) is 0.333. The maximum absolute atomic E-state index is 11.5. The predicted molar refractivity (Wildman–Crippen MR) is 61.8 cm³/mol. The summed E-state index contributed by atoms with van der Waals surface area (Å²) in [5.74, 6) is 1.01. The Labute approximate surface area is 101 Å². The number of halogens is 1. The number of anilines is 1. The minimum absolute atomic E-state index is 0.0403. The molecule has 0 spiro atoms. The minimum atomic E-state index is -0.140. The van der Waals surface area contributed by atoms with E-state index in [1.165, 1.54) is 12.0 Å². The number of methoxy groups -OCH3 is 1. The van der Waals surface area contributed by atoms with Crippen molar-refractivity contribution in [1.29, 1.82) is 0 Å². The molecule has 0 saturated carbocycles. The van der Waals surface area contributed by atoms with Gasteiger partial charge in [0.15, 0.2) is 18.2 Å². The van der Waals surface area contributed by atoms with Crippen molar-refractivity contribution in [3.05, 3.63) is 15.8 Å². The number of hydrogen-bond acceptors (Lipinski definition) is 4. The van der Waals surface area contributed by atoms with Crippen LogP contribution in [-0.2, 0) is 9.53 Å². The highest BCUT2D eigenvalue weighted by atomic mass is 127. The van der Waals surface area contributed by atoms with Crippen molar-refractivity contribution in [3.8, 4) is 5.75 Å². The van der Waals surface area contributed by atoms with E-state index in [-0.39, 0.29) is 19.2 Å². The first-order chi connectivity index (χ1) is 7.22. The number of pyridine rings is 1. The first-order valence-corrected chi connectivity index (χ1v) is 5.39. The Morgan fingerprint density at radius 1 is 1.67 bits per heavy atom. The Balaban J connectivity index is 2.41. The zero-order valence-electron chi connectivity index (χ0n) is 8.07. The third-order valence-electron chi connectivity index (χ3n) is 1.97. The fourth-order valence-corrected chi connectivity index (χ4v) is 1.72. The van der Waals surface area contributed by atoms with Crippen molar-refractivity contribution in [2.24, 2.45) is 0 Å². The number of hydrogen-bond donors (Lipinski definition) is 0. The van der Waals surface area contributed by atoms with E-state index in [9.17, 15) is 4.79 Å². The SMILES string of the molecule is COCN1C(=O)COc2ccc(I)nc21. The number of fused-ring (bicyclic) bond motifs is 1. The zero-order valence-corrected chi connectivity index (χ0v) is 10.2. The van der Waals surface area contributed by atoms with Crippen LogP contribution in [0.3, 0.4) is 0 Å². The average molecular weight is 320 g/mol. The molecular formula is C9H9IN2O3. The van der Waals surface area contributed by atoms with E-state index in [4.69, 9.17) is 9.47 Å². The van der Waals surface area contributed by atoms with Gasteiger partial charge in [0.05, 0.1) is 0 Å². The highest BCUT2D eigenvalue weighted by Crippen LogP contribution is 2.30.